The number of nitrogens with one attached hydrogen (secondary N) is 1. The molecular formula is C24H25FN4O3. The second-order valence-corrected chi connectivity index (χ2v) is 7.79. The number of esters is 1. The zero-order valence-electron chi connectivity index (χ0n) is 18.0. The van der Waals surface area contributed by atoms with Crippen molar-refractivity contribution in [3.63, 3.8) is 0 Å². The van der Waals surface area contributed by atoms with E-state index in [1.807, 2.05) is 36.4 Å². The summed E-state index contributed by atoms with van der Waals surface area (Å²) >= 11 is 0. The predicted molar refractivity (Wildman–Crippen MR) is 119 cm³/mol. The molecule has 0 aliphatic heterocycles. The summed E-state index contributed by atoms with van der Waals surface area (Å²) in [5.41, 5.74) is 2.65. The molecule has 7 nitrogen and oxygen atoms in total. The fourth-order valence-corrected chi connectivity index (χ4v) is 4.07. The number of nitrogens with zero attached hydrogens (tertiary/aromatic N) is 3. The van der Waals surface area contributed by atoms with Crippen molar-refractivity contribution in [2.75, 3.05) is 19.5 Å². The van der Waals surface area contributed by atoms with E-state index in [0.29, 0.717) is 23.8 Å². The Morgan fingerprint density at radius 2 is 1.91 bits per heavy atom. The lowest BCUT2D eigenvalue weighted by molar-refractivity contribution is -0.146. The maximum atomic E-state index is 14.7. The zero-order chi connectivity index (χ0) is 22.5. The summed E-state index contributed by atoms with van der Waals surface area (Å²) in [6.45, 7) is 0. The Morgan fingerprint density at radius 3 is 2.72 bits per heavy atom. The maximum Gasteiger partial charge on any atom is 0.308 e. The van der Waals surface area contributed by atoms with E-state index in [-0.39, 0.29) is 23.6 Å². The molecule has 2 atom stereocenters. The lowest BCUT2D eigenvalue weighted by Crippen LogP contribution is -2.32. The van der Waals surface area contributed by atoms with Gasteiger partial charge in [-0.2, -0.15) is 0 Å². The van der Waals surface area contributed by atoms with Crippen molar-refractivity contribution < 1.29 is 18.7 Å². The monoisotopic (exact) mass is 436 g/mol. The number of halogens is 1. The number of carbonyl (C=O) groups is 1. The third-order valence-corrected chi connectivity index (χ3v) is 5.70. The van der Waals surface area contributed by atoms with Gasteiger partial charge in [-0.25, -0.2) is 19.3 Å². The molecule has 0 amide bonds. The third-order valence-electron chi connectivity index (χ3n) is 5.70. The summed E-state index contributed by atoms with van der Waals surface area (Å²) in [6, 6.07) is 11.2. The molecule has 1 aromatic carbocycles. The van der Waals surface area contributed by atoms with Crippen LogP contribution in [0.25, 0.3) is 22.4 Å². The number of carbonyl (C=O) groups excluding carboxylic acids is 1. The highest BCUT2D eigenvalue weighted by Gasteiger charge is 2.28. The van der Waals surface area contributed by atoms with Crippen molar-refractivity contribution in [3.05, 3.63) is 54.6 Å². The van der Waals surface area contributed by atoms with Gasteiger partial charge in [-0.05, 0) is 42.5 Å². The molecule has 1 N–H and O–H groups in total. The first kappa shape index (κ1) is 21.7. The summed E-state index contributed by atoms with van der Waals surface area (Å²) in [7, 11) is 2.97. The molecule has 166 valence electrons. The first-order valence-electron chi connectivity index (χ1n) is 10.5. The van der Waals surface area contributed by atoms with Crippen LogP contribution in [0, 0.1) is 11.7 Å². The second-order valence-electron chi connectivity index (χ2n) is 7.79. The highest BCUT2D eigenvalue weighted by atomic mass is 19.1. The Bertz CT molecular complexity index is 1110. The molecule has 0 radical (unpaired) electrons. The highest BCUT2D eigenvalue weighted by Crippen LogP contribution is 2.30. The van der Waals surface area contributed by atoms with Crippen molar-refractivity contribution in [2.45, 2.75) is 31.7 Å². The lowest BCUT2D eigenvalue weighted by atomic mass is 9.86. The molecule has 2 heterocycles. The van der Waals surface area contributed by atoms with E-state index >= 15 is 0 Å². The summed E-state index contributed by atoms with van der Waals surface area (Å²) in [6.07, 6.45) is 6.09. The van der Waals surface area contributed by atoms with Gasteiger partial charge in [0.15, 0.2) is 5.82 Å². The summed E-state index contributed by atoms with van der Waals surface area (Å²) in [4.78, 5) is 24.6. The van der Waals surface area contributed by atoms with E-state index in [0.717, 1.165) is 30.4 Å². The van der Waals surface area contributed by atoms with Crippen LogP contribution in [0.2, 0.25) is 0 Å². The normalized spacial score (nSPS) is 18.1. The standard InChI is InChI=1S/C24H25FN4O3/c1-31-21-13-16(9-10-26-21)15-5-3-6-17(11-15)22-20(25)14-27-24(29-22)28-19-8-4-7-18(12-19)23(30)32-2/h3,5-6,9-11,13-14,18-19H,4,7-8,12H2,1-2H3,(H,27,28,29). The molecule has 32 heavy (non-hydrogen) atoms. The van der Waals surface area contributed by atoms with E-state index < -0.39 is 5.82 Å². The van der Waals surface area contributed by atoms with Crippen LogP contribution in [-0.2, 0) is 9.53 Å². The summed E-state index contributed by atoms with van der Waals surface area (Å²) in [5.74, 6) is 0.0105. The SMILES string of the molecule is COC(=O)C1CCCC(Nc2ncc(F)c(-c3cccc(-c4ccnc(OC)c4)c3)n2)C1. The maximum absolute atomic E-state index is 14.7. The number of ether oxygens (including phenoxy) is 2. The number of hydrogen-bond donors (Lipinski definition) is 1. The Labute approximate surface area is 186 Å². The summed E-state index contributed by atoms with van der Waals surface area (Å²) in [5, 5.41) is 3.27. The molecule has 2 unspecified atom stereocenters. The van der Waals surface area contributed by atoms with Gasteiger partial charge in [0.1, 0.15) is 5.69 Å². The van der Waals surface area contributed by atoms with Gasteiger partial charge in [-0.1, -0.05) is 24.6 Å². The molecule has 4 rings (SSSR count). The van der Waals surface area contributed by atoms with Gasteiger partial charge >= 0.3 is 5.97 Å². The molecule has 3 aromatic rings. The number of benzene rings is 1. The number of hydrogen-bond acceptors (Lipinski definition) is 7. The molecule has 2 aromatic heterocycles. The molecule has 1 saturated carbocycles. The van der Waals surface area contributed by atoms with Gasteiger partial charge in [-0.3, -0.25) is 4.79 Å². The van der Waals surface area contributed by atoms with Crippen LogP contribution in [0.1, 0.15) is 25.7 Å². The van der Waals surface area contributed by atoms with Crippen LogP contribution in [0.15, 0.2) is 48.8 Å². The van der Waals surface area contributed by atoms with Crippen molar-refractivity contribution in [2.24, 2.45) is 5.92 Å². The number of aromatic nitrogens is 3. The number of pyridine rings is 1. The molecule has 1 fully saturated rings. The number of methoxy groups -OCH3 is 2. The Morgan fingerprint density at radius 1 is 1.09 bits per heavy atom. The summed E-state index contributed by atoms with van der Waals surface area (Å²) < 4.78 is 24.7. The highest BCUT2D eigenvalue weighted by molar-refractivity contribution is 5.73. The number of anilines is 1. The zero-order valence-corrected chi connectivity index (χ0v) is 18.0. The van der Waals surface area contributed by atoms with Gasteiger partial charge < -0.3 is 14.8 Å². The van der Waals surface area contributed by atoms with E-state index in [9.17, 15) is 9.18 Å². The first-order valence-corrected chi connectivity index (χ1v) is 10.5. The first-order chi connectivity index (χ1) is 15.6. The van der Waals surface area contributed by atoms with Crippen LogP contribution in [0.4, 0.5) is 10.3 Å². The van der Waals surface area contributed by atoms with Crippen LogP contribution >= 0.6 is 0 Å². The smallest absolute Gasteiger partial charge is 0.308 e. The Hall–Kier alpha value is -3.55. The van der Waals surface area contributed by atoms with Gasteiger partial charge in [0.25, 0.3) is 0 Å². The molecule has 0 spiro atoms. The molecule has 0 saturated heterocycles. The van der Waals surface area contributed by atoms with Gasteiger partial charge in [0.05, 0.1) is 26.3 Å². The topological polar surface area (TPSA) is 86.2 Å². The van der Waals surface area contributed by atoms with Crippen molar-refractivity contribution in [1.82, 2.24) is 15.0 Å². The van der Waals surface area contributed by atoms with Crippen LogP contribution < -0.4 is 10.1 Å². The van der Waals surface area contributed by atoms with Crippen LogP contribution in [0.3, 0.4) is 0 Å². The van der Waals surface area contributed by atoms with E-state index in [2.05, 4.69) is 20.3 Å². The van der Waals surface area contributed by atoms with E-state index in [4.69, 9.17) is 9.47 Å². The van der Waals surface area contributed by atoms with Crippen molar-refractivity contribution in [1.29, 1.82) is 0 Å². The minimum Gasteiger partial charge on any atom is -0.481 e. The van der Waals surface area contributed by atoms with Gasteiger partial charge in [0.2, 0.25) is 11.8 Å². The van der Waals surface area contributed by atoms with Crippen LogP contribution in [0.5, 0.6) is 5.88 Å². The average Bonchev–Trinajstić information content (AvgIpc) is 2.85. The molecule has 1 aliphatic carbocycles. The van der Waals surface area contributed by atoms with E-state index in [1.165, 1.54) is 13.3 Å². The van der Waals surface area contributed by atoms with E-state index in [1.54, 1.807) is 13.3 Å². The van der Waals surface area contributed by atoms with Gasteiger partial charge in [-0.15, -0.1) is 0 Å². The molecular weight excluding hydrogens is 411 g/mol. The number of rotatable bonds is 6. The van der Waals surface area contributed by atoms with Gasteiger partial charge in [0, 0.05) is 23.9 Å². The lowest BCUT2D eigenvalue weighted by Gasteiger charge is -2.28. The minimum absolute atomic E-state index is 0.0294. The third kappa shape index (κ3) is 4.85. The molecule has 8 heteroatoms. The largest absolute Gasteiger partial charge is 0.481 e. The van der Waals surface area contributed by atoms with Crippen molar-refractivity contribution >= 4 is 11.9 Å². The fraction of sp³-hybridized carbons (Fsp3) is 0.333. The van der Waals surface area contributed by atoms with Crippen molar-refractivity contribution in [3.8, 4) is 28.3 Å². The molecule has 0 bridgehead atoms. The predicted octanol–water partition coefficient (Wildman–Crippen LogP) is 4.50. The quantitative estimate of drug-likeness (QED) is 0.570. The minimum atomic E-state index is -0.504. The Balaban J connectivity index is 1.57. The second kappa shape index (κ2) is 9.72. The van der Waals surface area contributed by atoms with Crippen LogP contribution in [-0.4, -0.2) is 41.2 Å². The molecule has 1 aliphatic rings. The average molecular weight is 436 g/mol. The fourth-order valence-electron chi connectivity index (χ4n) is 4.07. The Kier molecular flexibility index (Phi) is 6.58.